The molecule has 0 N–H and O–H groups in total. The SMILES string of the molecule is Cc1ccccc1N1C[C@@H](C(=O)Oc2cccc(N3C(=O)[C@@H]4[C@H](C3=O)[C@H]3C=C[C@H]4C3)c2)CC1=O. The number of allylic oxidation sites excluding steroid dienone is 2. The van der Waals surface area contributed by atoms with E-state index in [9.17, 15) is 19.2 Å². The molecule has 34 heavy (non-hydrogen) atoms. The second kappa shape index (κ2) is 7.65. The second-order valence-corrected chi connectivity index (χ2v) is 9.62. The molecule has 2 aliphatic carbocycles. The molecule has 7 nitrogen and oxygen atoms in total. The van der Waals surface area contributed by atoms with Gasteiger partial charge in [0.25, 0.3) is 0 Å². The first-order valence-corrected chi connectivity index (χ1v) is 11.7. The summed E-state index contributed by atoms with van der Waals surface area (Å²) in [4.78, 5) is 54.5. The summed E-state index contributed by atoms with van der Waals surface area (Å²) < 4.78 is 5.60. The Morgan fingerprint density at radius 3 is 2.35 bits per heavy atom. The van der Waals surface area contributed by atoms with Crippen LogP contribution in [0.2, 0.25) is 0 Å². The Bertz CT molecular complexity index is 1240. The summed E-state index contributed by atoms with van der Waals surface area (Å²) >= 11 is 0. The van der Waals surface area contributed by atoms with Crippen LogP contribution in [0.5, 0.6) is 5.75 Å². The van der Waals surface area contributed by atoms with Crippen molar-refractivity contribution >= 4 is 35.1 Å². The molecule has 4 aliphatic rings. The number of hydrogen-bond acceptors (Lipinski definition) is 5. The Kier molecular flexibility index (Phi) is 4.69. The number of anilines is 2. The number of hydrogen-bond donors (Lipinski definition) is 0. The number of esters is 1. The molecule has 6 rings (SSSR count). The van der Waals surface area contributed by atoms with Gasteiger partial charge in [-0.1, -0.05) is 36.4 Å². The zero-order chi connectivity index (χ0) is 23.6. The monoisotopic (exact) mass is 456 g/mol. The standard InChI is InChI=1S/C27H24N2O5/c1-15-5-2-3-8-21(15)28-14-18(12-22(28)30)27(33)34-20-7-4-6-19(13-20)29-25(31)23-16-9-10-17(11-16)24(23)26(29)32/h2-10,13,16-18,23-24H,11-12,14H2,1H3/t16-,17-,18-,23-,24+/m0/s1. The molecule has 172 valence electrons. The van der Waals surface area contributed by atoms with Crippen molar-refractivity contribution in [2.24, 2.45) is 29.6 Å². The highest BCUT2D eigenvalue weighted by Gasteiger charge is 2.59. The normalized spacial score (nSPS) is 29.3. The number of benzene rings is 2. The maximum atomic E-state index is 13.1. The molecule has 0 aromatic heterocycles. The topological polar surface area (TPSA) is 84.0 Å². The van der Waals surface area contributed by atoms with Crippen molar-refractivity contribution in [2.75, 3.05) is 16.3 Å². The summed E-state index contributed by atoms with van der Waals surface area (Å²) in [6.45, 7) is 2.18. The number of aryl methyl sites for hydroxylation is 1. The van der Waals surface area contributed by atoms with E-state index in [-0.39, 0.29) is 60.1 Å². The number of fused-ring (bicyclic) bond motifs is 5. The van der Waals surface area contributed by atoms with Gasteiger partial charge in [-0.15, -0.1) is 0 Å². The first kappa shape index (κ1) is 20.8. The van der Waals surface area contributed by atoms with E-state index in [1.807, 2.05) is 31.2 Å². The van der Waals surface area contributed by atoms with E-state index < -0.39 is 11.9 Å². The van der Waals surface area contributed by atoms with Gasteiger partial charge in [-0.05, 0) is 48.9 Å². The molecule has 2 aromatic rings. The van der Waals surface area contributed by atoms with Crippen LogP contribution in [0.15, 0.2) is 60.7 Å². The van der Waals surface area contributed by atoms with Gasteiger partial charge in [0.2, 0.25) is 17.7 Å². The molecule has 3 fully saturated rings. The Morgan fingerprint density at radius 2 is 1.65 bits per heavy atom. The van der Waals surface area contributed by atoms with E-state index in [1.54, 1.807) is 29.2 Å². The molecule has 2 aliphatic heterocycles. The van der Waals surface area contributed by atoms with Crippen LogP contribution in [-0.4, -0.2) is 30.2 Å². The first-order valence-electron chi connectivity index (χ1n) is 11.7. The van der Waals surface area contributed by atoms with Gasteiger partial charge in [-0.25, -0.2) is 4.90 Å². The zero-order valence-electron chi connectivity index (χ0n) is 18.7. The van der Waals surface area contributed by atoms with Crippen LogP contribution in [0, 0.1) is 36.5 Å². The van der Waals surface area contributed by atoms with E-state index in [0.29, 0.717) is 5.69 Å². The summed E-state index contributed by atoms with van der Waals surface area (Å²) in [7, 11) is 0. The Labute approximate surface area is 197 Å². The number of nitrogens with zero attached hydrogens (tertiary/aromatic N) is 2. The number of carbonyl (C=O) groups excluding carboxylic acids is 4. The fourth-order valence-electron chi connectivity index (χ4n) is 6.01. The van der Waals surface area contributed by atoms with Crippen LogP contribution in [-0.2, 0) is 19.2 Å². The van der Waals surface area contributed by atoms with Gasteiger partial charge >= 0.3 is 5.97 Å². The van der Waals surface area contributed by atoms with Crippen molar-refractivity contribution in [1.29, 1.82) is 0 Å². The predicted molar refractivity (Wildman–Crippen MR) is 124 cm³/mol. The predicted octanol–water partition coefficient (Wildman–Crippen LogP) is 3.27. The molecule has 2 aromatic carbocycles. The lowest BCUT2D eigenvalue weighted by atomic mass is 9.85. The van der Waals surface area contributed by atoms with E-state index in [2.05, 4.69) is 12.2 Å². The van der Waals surface area contributed by atoms with Gasteiger partial charge in [0.05, 0.1) is 23.4 Å². The fourth-order valence-corrected chi connectivity index (χ4v) is 6.01. The summed E-state index contributed by atoms with van der Waals surface area (Å²) in [6, 6.07) is 14.1. The minimum absolute atomic E-state index is 0.0785. The molecule has 0 radical (unpaired) electrons. The molecule has 2 heterocycles. The smallest absolute Gasteiger partial charge is 0.316 e. The van der Waals surface area contributed by atoms with Crippen molar-refractivity contribution in [3.8, 4) is 5.75 Å². The van der Waals surface area contributed by atoms with Crippen LogP contribution in [0.4, 0.5) is 11.4 Å². The minimum atomic E-state index is -0.591. The number of ether oxygens (including phenoxy) is 1. The van der Waals surface area contributed by atoms with Crippen LogP contribution in [0.1, 0.15) is 18.4 Å². The van der Waals surface area contributed by atoms with Crippen molar-refractivity contribution in [1.82, 2.24) is 0 Å². The lowest BCUT2D eigenvalue weighted by Gasteiger charge is -2.19. The summed E-state index contributed by atoms with van der Waals surface area (Å²) in [5.74, 6) is -1.61. The molecule has 7 heteroatoms. The van der Waals surface area contributed by atoms with Crippen molar-refractivity contribution in [3.63, 3.8) is 0 Å². The highest BCUT2D eigenvalue weighted by atomic mass is 16.5. The average Bonchev–Trinajstić information content (AvgIpc) is 3.58. The third-order valence-electron chi connectivity index (χ3n) is 7.63. The Hall–Kier alpha value is -3.74. The molecular weight excluding hydrogens is 432 g/mol. The van der Waals surface area contributed by atoms with Gasteiger partial charge in [-0.3, -0.25) is 19.2 Å². The molecule has 0 unspecified atom stereocenters. The third kappa shape index (κ3) is 3.10. The largest absolute Gasteiger partial charge is 0.426 e. The zero-order valence-corrected chi connectivity index (χ0v) is 18.7. The number of para-hydroxylation sites is 1. The summed E-state index contributed by atoms with van der Waals surface area (Å²) in [5, 5.41) is 0. The fraction of sp³-hybridized carbons (Fsp3) is 0.333. The third-order valence-corrected chi connectivity index (χ3v) is 7.63. The average molecular weight is 456 g/mol. The lowest BCUT2D eigenvalue weighted by molar-refractivity contribution is -0.139. The van der Waals surface area contributed by atoms with Gasteiger partial charge in [0.1, 0.15) is 5.75 Å². The van der Waals surface area contributed by atoms with Crippen molar-refractivity contribution in [2.45, 2.75) is 19.8 Å². The van der Waals surface area contributed by atoms with Gasteiger partial charge in [0.15, 0.2) is 0 Å². The summed E-state index contributed by atoms with van der Waals surface area (Å²) in [6.07, 6.45) is 5.07. The Morgan fingerprint density at radius 1 is 0.941 bits per heavy atom. The van der Waals surface area contributed by atoms with E-state index in [0.717, 1.165) is 17.7 Å². The molecule has 5 atom stereocenters. The maximum absolute atomic E-state index is 13.1. The quantitative estimate of drug-likeness (QED) is 0.305. The van der Waals surface area contributed by atoms with Crippen LogP contribution in [0.3, 0.4) is 0 Å². The van der Waals surface area contributed by atoms with Crippen molar-refractivity contribution in [3.05, 3.63) is 66.2 Å². The van der Waals surface area contributed by atoms with Gasteiger partial charge in [0, 0.05) is 24.7 Å². The first-order chi connectivity index (χ1) is 16.4. The van der Waals surface area contributed by atoms with E-state index in [1.165, 1.54) is 4.90 Å². The molecular formula is C27H24N2O5. The lowest BCUT2D eigenvalue weighted by Crippen LogP contribution is -2.32. The molecule has 3 amide bonds. The van der Waals surface area contributed by atoms with Crippen LogP contribution in [0.25, 0.3) is 0 Å². The van der Waals surface area contributed by atoms with Crippen LogP contribution < -0.4 is 14.5 Å². The van der Waals surface area contributed by atoms with Crippen LogP contribution >= 0.6 is 0 Å². The van der Waals surface area contributed by atoms with Gasteiger partial charge in [-0.2, -0.15) is 0 Å². The second-order valence-electron chi connectivity index (χ2n) is 9.62. The molecule has 0 spiro atoms. The summed E-state index contributed by atoms with van der Waals surface area (Å²) in [5.41, 5.74) is 2.17. The highest BCUT2D eigenvalue weighted by molar-refractivity contribution is 6.22. The number of carbonyl (C=O) groups is 4. The maximum Gasteiger partial charge on any atom is 0.316 e. The minimum Gasteiger partial charge on any atom is -0.426 e. The van der Waals surface area contributed by atoms with E-state index >= 15 is 0 Å². The highest BCUT2D eigenvalue weighted by Crippen LogP contribution is 2.53. The molecule has 1 saturated carbocycles. The van der Waals surface area contributed by atoms with E-state index in [4.69, 9.17) is 4.74 Å². The van der Waals surface area contributed by atoms with Gasteiger partial charge < -0.3 is 9.64 Å². The Balaban J connectivity index is 1.18. The number of amides is 3. The number of rotatable bonds is 4. The molecule has 2 bridgehead atoms. The number of imide groups is 1. The van der Waals surface area contributed by atoms with Crippen molar-refractivity contribution < 1.29 is 23.9 Å². The molecule has 2 saturated heterocycles.